The average molecular weight is 252 g/mol. The van der Waals surface area contributed by atoms with Gasteiger partial charge in [0.1, 0.15) is 0 Å². The van der Waals surface area contributed by atoms with Crippen LogP contribution in [-0.2, 0) is 11.2 Å². The van der Waals surface area contributed by atoms with Crippen LogP contribution >= 0.6 is 0 Å². The highest BCUT2D eigenvalue weighted by atomic mass is 16.5. The Morgan fingerprint density at radius 2 is 2.50 bits per heavy atom. The molecule has 1 aliphatic rings. The van der Waals surface area contributed by atoms with Crippen molar-refractivity contribution < 1.29 is 4.74 Å². The van der Waals surface area contributed by atoms with Gasteiger partial charge in [-0.2, -0.15) is 5.10 Å². The van der Waals surface area contributed by atoms with E-state index in [1.165, 1.54) is 0 Å². The third-order valence-electron chi connectivity index (χ3n) is 3.88. The van der Waals surface area contributed by atoms with E-state index in [2.05, 4.69) is 36.6 Å². The summed E-state index contributed by atoms with van der Waals surface area (Å²) in [6.07, 6.45) is 5.10. The summed E-state index contributed by atoms with van der Waals surface area (Å²) in [5, 5.41) is 4.62. The molecule has 2 rings (SSSR count). The van der Waals surface area contributed by atoms with Crippen LogP contribution in [0, 0.1) is 5.92 Å². The van der Waals surface area contributed by atoms with Crippen LogP contribution in [0.25, 0.3) is 0 Å². The third kappa shape index (κ3) is 3.10. The van der Waals surface area contributed by atoms with Crippen LogP contribution in [0.1, 0.15) is 38.4 Å². The number of nitrogens with two attached hydrogens (primary N) is 1. The molecule has 1 fully saturated rings. The largest absolute Gasteiger partial charge is 0.381 e. The zero-order valence-electron chi connectivity index (χ0n) is 11.3. The van der Waals surface area contributed by atoms with E-state index in [9.17, 15) is 0 Å². The molecule has 3 atom stereocenters. The molecular weight excluding hydrogens is 228 g/mol. The molecule has 5 heteroatoms. The zero-order chi connectivity index (χ0) is 13.0. The highest BCUT2D eigenvalue weighted by Crippen LogP contribution is 2.19. The number of nitrogens with zero attached hydrogens (tertiary/aromatic N) is 2. The second kappa shape index (κ2) is 6.31. The molecule has 0 radical (unpaired) electrons. The summed E-state index contributed by atoms with van der Waals surface area (Å²) in [6.45, 7) is 6.01. The first-order chi connectivity index (χ1) is 8.74. The van der Waals surface area contributed by atoms with Crippen LogP contribution in [0.4, 0.5) is 0 Å². The van der Waals surface area contributed by atoms with Crippen molar-refractivity contribution in [2.24, 2.45) is 11.8 Å². The Balaban J connectivity index is 1.96. The lowest BCUT2D eigenvalue weighted by molar-refractivity contribution is 0.176. The van der Waals surface area contributed by atoms with Gasteiger partial charge in [0, 0.05) is 37.2 Å². The molecule has 102 valence electrons. The molecule has 3 N–H and O–H groups in total. The van der Waals surface area contributed by atoms with Gasteiger partial charge in [-0.25, -0.2) is 0 Å². The lowest BCUT2D eigenvalue weighted by atomic mass is 9.95. The number of ether oxygens (including phenoxy) is 1. The lowest BCUT2D eigenvalue weighted by Crippen LogP contribution is -2.42. The molecule has 0 aliphatic carbocycles. The molecule has 0 saturated carbocycles. The van der Waals surface area contributed by atoms with E-state index in [-0.39, 0.29) is 6.04 Å². The van der Waals surface area contributed by atoms with Crippen LogP contribution in [0.5, 0.6) is 0 Å². The van der Waals surface area contributed by atoms with E-state index in [1.54, 1.807) is 0 Å². The van der Waals surface area contributed by atoms with Gasteiger partial charge in [-0.05, 0) is 25.8 Å². The van der Waals surface area contributed by atoms with E-state index < -0.39 is 0 Å². The van der Waals surface area contributed by atoms with Crippen molar-refractivity contribution in [1.29, 1.82) is 0 Å². The topological polar surface area (TPSA) is 65.1 Å². The van der Waals surface area contributed by atoms with Gasteiger partial charge in [0.05, 0.1) is 12.3 Å². The van der Waals surface area contributed by atoms with E-state index in [0.717, 1.165) is 38.2 Å². The van der Waals surface area contributed by atoms with Gasteiger partial charge in [0.2, 0.25) is 0 Å². The molecule has 18 heavy (non-hydrogen) atoms. The Morgan fingerprint density at radius 3 is 3.11 bits per heavy atom. The molecule has 1 aromatic rings. The Labute approximate surface area is 109 Å². The minimum absolute atomic E-state index is 0.257. The molecule has 0 aromatic carbocycles. The number of nitrogens with one attached hydrogen (secondary N) is 1. The van der Waals surface area contributed by atoms with Crippen molar-refractivity contribution in [1.82, 2.24) is 15.2 Å². The van der Waals surface area contributed by atoms with Crippen LogP contribution < -0.4 is 11.3 Å². The molecule has 0 amide bonds. The van der Waals surface area contributed by atoms with Gasteiger partial charge in [-0.15, -0.1) is 0 Å². The van der Waals surface area contributed by atoms with Crippen molar-refractivity contribution in [3.05, 3.63) is 18.0 Å². The van der Waals surface area contributed by atoms with Gasteiger partial charge in [-0.3, -0.25) is 16.0 Å². The lowest BCUT2D eigenvalue weighted by Gasteiger charge is -2.20. The Kier molecular flexibility index (Phi) is 4.74. The summed E-state index contributed by atoms with van der Waals surface area (Å²) in [7, 11) is 0. The maximum atomic E-state index is 5.65. The molecule has 2 heterocycles. The second-order valence-corrected chi connectivity index (χ2v) is 5.15. The average Bonchev–Trinajstić information content (AvgIpc) is 3.05. The minimum Gasteiger partial charge on any atom is -0.381 e. The first kappa shape index (κ1) is 13.5. The predicted octanol–water partition coefficient (Wildman–Crippen LogP) is 1.27. The fourth-order valence-electron chi connectivity index (χ4n) is 2.38. The normalized spacial score (nSPS) is 23.2. The van der Waals surface area contributed by atoms with Gasteiger partial charge in [0.25, 0.3) is 0 Å². The van der Waals surface area contributed by atoms with Crippen LogP contribution in [0.2, 0.25) is 0 Å². The first-order valence-electron chi connectivity index (χ1n) is 6.82. The highest BCUT2D eigenvalue weighted by Gasteiger charge is 2.25. The van der Waals surface area contributed by atoms with E-state index in [4.69, 9.17) is 10.6 Å². The molecule has 0 bridgehead atoms. The summed E-state index contributed by atoms with van der Waals surface area (Å²) in [4.78, 5) is 0. The van der Waals surface area contributed by atoms with Crippen molar-refractivity contribution in [2.45, 2.75) is 45.2 Å². The summed E-state index contributed by atoms with van der Waals surface area (Å²) >= 11 is 0. The Hall–Kier alpha value is -0.910. The SMILES string of the molecule is CCC(C)n1ccc(CC(NN)C2CCOC2)n1. The quantitative estimate of drug-likeness (QED) is 0.591. The number of aromatic nitrogens is 2. The van der Waals surface area contributed by atoms with Crippen LogP contribution in [0.3, 0.4) is 0 Å². The summed E-state index contributed by atoms with van der Waals surface area (Å²) in [5.74, 6) is 6.16. The molecule has 1 aromatic heterocycles. The van der Waals surface area contributed by atoms with Gasteiger partial charge < -0.3 is 4.74 Å². The van der Waals surface area contributed by atoms with Gasteiger partial charge in [-0.1, -0.05) is 6.92 Å². The van der Waals surface area contributed by atoms with Crippen molar-refractivity contribution in [2.75, 3.05) is 13.2 Å². The first-order valence-corrected chi connectivity index (χ1v) is 6.82. The van der Waals surface area contributed by atoms with Crippen molar-refractivity contribution >= 4 is 0 Å². The predicted molar refractivity (Wildman–Crippen MR) is 71.0 cm³/mol. The molecule has 1 saturated heterocycles. The molecule has 5 nitrogen and oxygen atoms in total. The summed E-state index contributed by atoms with van der Waals surface area (Å²) in [6, 6.07) is 2.80. The summed E-state index contributed by atoms with van der Waals surface area (Å²) in [5.41, 5.74) is 4.02. The van der Waals surface area contributed by atoms with E-state index in [0.29, 0.717) is 12.0 Å². The number of rotatable bonds is 6. The zero-order valence-corrected chi connectivity index (χ0v) is 11.3. The summed E-state index contributed by atoms with van der Waals surface area (Å²) < 4.78 is 7.45. The van der Waals surface area contributed by atoms with Crippen LogP contribution in [-0.4, -0.2) is 29.0 Å². The number of hydrogen-bond acceptors (Lipinski definition) is 4. The molecule has 3 unspecified atom stereocenters. The number of hydrazine groups is 1. The van der Waals surface area contributed by atoms with Crippen molar-refractivity contribution in [3.8, 4) is 0 Å². The van der Waals surface area contributed by atoms with Gasteiger partial charge >= 0.3 is 0 Å². The Morgan fingerprint density at radius 1 is 1.67 bits per heavy atom. The smallest absolute Gasteiger partial charge is 0.0640 e. The fraction of sp³-hybridized carbons (Fsp3) is 0.769. The minimum atomic E-state index is 0.257. The van der Waals surface area contributed by atoms with Crippen molar-refractivity contribution in [3.63, 3.8) is 0 Å². The standard InChI is InChI=1S/C13H24N4O/c1-3-10(2)17-6-4-12(16-17)8-13(15-14)11-5-7-18-9-11/h4,6,10-11,13,15H,3,5,7-9,14H2,1-2H3. The third-order valence-corrected chi connectivity index (χ3v) is 3.88. The number of hydrogen-bond donors (Lipinski definition) is 2. The van der Waals surface area contributed by atoms with Gasteiger partial charge in [0.15, 0.2) is 0 Å². The molecular formula is C13H24N4O. The second-order valence-electron chi connectivity index (χ2n) is 5.15. The Bertz CT molecular complexity index is 360. The molecule has 1 aliphatic heterocycles. The maximum Gasteiger partial charge on any atom is 0.0640 e. The fourth-order valence-corrected chi connectivity index (χ4v) is 2.38. The van der Waals surface area contributed by atoms with E-state index >= 15 is 0 Å². The highest BCUT2D eigenvalue weighted by molar-refractivity contribution is 5.03. The van der Waals surface area contributed by atoms with Crippen LogP contribution in [0.15, 0.2) is 12.3 Å². The maximum absolute atomic E-state index is 5.65. The molecule has 0 spiro atoms. The van der Waals surface area contributed by atoms with E-state index in [1.807, 2.05) is 4.68 Å². The monoisotopic (exact) mass is 252 g/mol.